The molecule has 3 amide bonds. The Morgan fingerprint density at radius 1 is 1.04 bits per heavy atom. The molecule has 1 saturated heterocycles. The number of amides is 3. The number of esters is 2. The molecule has 2 aliphatic heterocycles. The molecule has 3 N–H and O–H groups in total. The number of nitrogens with one attached hydrogen (secondary N) is 2. The highest BCUT2D eigenvalue weighted by atomic mass is 32.2. The first kappa shape index (κ1) is 36.9. The quantitative estimate of drug-likeness (QED) is 0.0694. The number of aliphatic carboxylic acids is 1. The Morgan fingerprint density at radius 2 is 1.70 bits per heavy atom. The Labute approximate surface area is 276 Å². The average molecular weight is 699 g/mol. The summed E-state index contributed by atoms with van der Waals surface area (Å²) in [6.45, 7) is 9.95. The molecule has 0 bridgehead atoms. The van der Waals surface area contributed by atoms with Crippen LogP contribution in [0.2, 0.25) is 0 Å². The number of hydrogen-bond donors (Lipinski definition) is 3. The van der Waals surface area contributed by atoms with E-state index in [-0.39, 0.29) is 22.3 Å². The van der Waals surface area contributed by atoms with E-state index in [0.29, 0.717) is 11.5 Å². The summed E-state index contributed by atoms with van der Waals surface area (Å²) in [5.41, 5.74) is -2.48. The van der Waals surface area contributed by atoms with E-state index < -0.39 is 95.3 Å². The van der Waals surface area contributed by atoms with Crippen LogP contribution in [0.5, 0.6) is 0 Å². The van der Waals surface area contributed by atoms with Gasteiger partial charge in [0.2, 0.25) is 23.3 Å². The van der Waals surface area contributed by atoms with Gasteiger partial charge in [0.25, 0.3) is 11.8 Å². The summed E-state index contributed by atoms with van der Waals surface area (Å²) in [6, 6.07) is -1.22. The van der Waals surface area contributed by atoms with Crippen LogP contribution in [-0.2, 0) is 47.8 Å². The number of aromatic nitrogens is 2. The van der Waals surface area contributed by atoms with Crippen molar-refractivity contribution in [2.45, 2.75) is 77.5 Å². The number of β-lactam (4-membered cyclic amide) rings is 1. The highest BCUT2D eigenvalue weighted by Crippen LogP contribution is 2.40. The lowest BCUT2D eigenvalue weighted by Gasteiger charge is -2.49. The fourth-order valence-electron chi connectivity index (χ4n) is 3.89. The molecule has 0 unspecified atom stereocenters. The molecule has 18 nitrogen and oxygen atoms in total. The molecule has 0 spiro atoms. The van der Waals surface area contributed by atoms with Crippen LogP contribution in [0.15, 0.2) is 16.4 Å². The molecule has 0 aliphatic carbocycles. The van der Waals surface area contributed by atoms with Gasteiger partial charge in [0.05, 0.1) is 0 Å². The van der Waals surface area contributed by atoms with Crippen LogP contribution in [0.25, 0.3) is 0 Å². The number of ether oxygens (including phenoxy) is 3. The zero-order valence-corrected chi connectivity index (χ0v) is 28.2. The number of fused-ring (bicyclic) bond motifs is 1. The Morgan fingerprint density at radius 3 is 2.30 bits per heavy atom. The van der Waals surface area contributed by atoms with Gasteiger partial charge in [0.1, 0.15) is 47.1 Å². The van der Waals surface area contributed by atoms with Gasteiger partial charge in [-0.1, -0.05) is 5.16 Å². The van der Waals surface area contributed by atoms with Gasteiger partial charge in [-0.2, -0.15) is 9.36 Å². The third-order valence-corrected chi connectivity index (χ3v) is 7.53. The molecule has 2 aliphatic rings. The van der Waals surface area contributed by atoms with Crippen LogP contribution in [-0.4, -0.2) is 108 Å². The Hall–Kier alpha value is -4.59. The molecule has 3 heterocycles. The first-order valence-corrected chi connectivity index (χ1v) is 15.7. The van der Waals surface area contributed by atoms with Crippen molar-refractivity contribution in [3.63, 3.8) is 0 Å². The third kappa shape index (κ3) is 10.5. The second-order valence-electron chi connectivity index (χ2n) is 12.0. The number of ketones is 1. The number of anilines is 1. The third-order valence-electron chi connectivity index (χ3n) is 5.56. The SMILES string of the molecule is CC(=O)CC(=O)OCC1=C(C(=O)O)N2C(=O)[C@@H](NC(=O)/C(=N/OCC(=O)OC(C)(C)C)c3nsc(NC(=O)OC(C)(C)C)n3)[C@H]2SC1. The van der Waals surface area contributed by atoms with E-state index in [9.17, 15) is 38.7 Å². The maximum absolute atomic E-state index is 13.4. The van der Waals surface area contributed by atoms with Crippen molar-refractivity contribution in [1.29, 1.82) is 0 Å². The molecular formula is C27H34N6O12S2. The van der Waals surface area contributed by atoms with E-state index in [2.05, 4.69) is 25.1 Å². The van der Waals surface area contributed by atoms with Crippen molar-refractivity contribution in [3.8, 4) is 0 Å². The normalized spacial score (nSPS) is 18.0. The lowest BCUT2D eigenvalue weighted by Crippen LogP contribution is -2.71. The molecule has 2 atom stereocenters. The molecule has 0 radical (unpaired) electrons. The average Bonchev–Trinajstić information content (AvgIpc) is 3.37. The molecule has 0 aromatic carbocycles. The lowest BCUT2D eigenvalue weighted by atomic mass is 10.0. The summed E-state index contributed by atoms with van der Waals surface area (Å²) < 4.78 is 19.4. The van der Waals surface area contributed by atoms with Gasteiger partial charge >= 0.3 is 24.0 Å². The molecule has 20 heteroatoms. The van der Waals surface area contributed by atoms with E-state index in [1.165, 1.54) is 6.92 Å². The van der Waals surface area contributed by atoms with Crippen LogP contribution in [0, 0.1) is 0 Å². The second kappa shape index (κ2) is 14.9. The van der Waals surface area contributed by atoms with Gasteiger partial charge in [0.15, 0.2) is 0 Å². The first-order valence-electron chi connectivity index (χ1n) is 13.9. The maximum Gasteiger partial charge on any atom is 0.414 e. The molecular weight excluding hydrogens is 664 g/mol. The standard InChI is InChI=1S/C27H34N6O12S2/c1-12(34)8-14(35)42-9-13-11-46-22-17(21(38)33(22)18(13)23(39)40)28-20(37)16(31-43-10-15(36)44-26(2,3)4)19-29-24(47-32-19)30-25(41)45-27(5,6)7/h17,22H,8-11H2,1-7H3,(H,28,37)(H,39,40)(H,29,30,32,41)/b31-16+/t17-,22-/m1/s1. The molecule has 0 saturated carbocycles. The van der Waals surface area contributed by atoms with Crippen molar-refractivity contribution in [2.24, 2.45) is 5.16 Å². The lowest BCUT2D eigenvalue weighted by molar-refractivity contribution is -0.160. The molecule has 3 rings (SSSR count). The molecule has 47 heavy (non-hydrogen) atoms. The fraction of sp³-hybridized carbons (Fsp3) is 0.556. The number of carbonyl (C=O) groups is 7. The summed E-state index contributed by atoms with van der Waals surface area (Å²) in [5, 5.41) is 17.5. The number of rotatable bonds is 12. The number of thioether (sulfide) groups is 1. The predicted octanol–water partition coefficient (Wildman–Crippen LogP) is 1.21. The van der Waals surface area contributed by atoms with Crippen LogP contribution in [0.1, 0.15) is 60.7 Å². The minimum atomic E-state index is -1.46. The second-order valence-corrected chi connectivity index (χ2v) is 13.9. The zero-order valence-electron chi connectivity index (χ0n) is 26.5. The Balaban J connectivity index is 1.79. The Bertz CT molecular complexity index is 1520. The van der Waals surface area contributed by atoms with E-state index in [1.807, 2.05) is 0 Å². The van der Waals surface area contributed by atoms with E-state index in [0.717, 1.165) is 16.7 Å². The molecule has 256 valence electrons. The summed E-state index contributed by atoms with van der Waals surface area (Å²) in [4.78, 5) is 95.9. The van der Waals surface area contributed by atoms with Crippen molar-refractivity contribution >= 4 is 75.7 Å². The number of Topliss-reactive ketones (excluding diaryl/α,β-unsaturated/α-hetero) is 1. The smallest absolute Gasteiger partial charge is 0.414 e. The van der Waals surface area contributed by atoms with Gasteiger partial charge in [-0.3, -0.25) is 29.4 Å². The van der Waals surface area contributed by atoms with Crippen LogP contribution >= 0.6 is 23.3 Å². The topological polar surface area (TPSA) is 242 Å². The highest BCUT2D eigenvalue weighted by molar-refractivity contribution is 8.00. The zero-order chi connectivity index (χ0) is 35.3. The van der Waals surface area contributed by atoms with Crippen LogP contribution < -0.4 is 10.6 Å². The fourth-order valence-corrected chi connectivity index (χ4v) is 5.78. The number of carbonyl (C=O) groups excluding carboxylic acids is 6. The van der Waals surface area contributed by atoms with E-state index in [4.69, 9.17) is 19.0 Å². The van der Waals surface area contributed by atoms with Gasteiger partial charge in [-0.15, -0.1) is 11.8 Å². The summed E-state index contributed by atoms with van der Waals surface area (Å²) in [5.74, 6) is -5.63. The predicted molar refractivity (Wildman–Crippen MR) is 164 cm³/mol. The summed E-state index contributed by atoms with van der Waals surface area (Å²) >= 11 is 1.78. The largest absolute Gasteiger partial charge is 0.477 e. The molecule has 1 fully saturated rings. The van der Waals surface area contributed by atoms with Gasteiger partial charge < -0.3 is 29.5 Å². The number of carboxylic acids is 1. The number of hydrogen-bond acceptors (Lipinski definition) is 16. The van der Waals surface area contributed by atoms with Gasteiger partial charge in [0, 0.05) is 22.9 Å². The van der Waals surface area contributed by atoms with Crippen LogP contribution in [0.4, 0.5) is 9.93 Å². The van der Waals surface area contributed by atoms with Crippen molar-refractivity contribution in [2.75, 3.05) is 24.3 Å². The summed E-state index contributed by atoms with van der Waals surface area (Å²) in [7, 11) is 0. The van der Waals surface area contributed by atoms with Crippen LogP contribution in [0.3, 0.4) is 0 Å². The molecule has 1 aromatic heterocycles. The Kier molecular flexibility index (Phi) is 11.7. The maximum atomic E-state index is 13.4. The number of nitrogens with zero attached hydrogens (tertiary/aromatic N) is 4. The summed E-state index contributed by atoms with van der Waals surface area (Å²) in [6.07, 6.45) is -1.32. The minimum Gasteiger partial charge on any atom is -0.477 e. The van der Waals surface area contributed by atoms with E-state index in [1.54, 1.807) is 41.5 Å². The van der Waals surface area contributed by atoms with Crippen molar-refractivity contribution < 1.29 is 57.7 Å². The number of carboxylic acid groups (broad SMARTS) is 1. The monoisotopic (exact) mass is 698 g/mol. The van der Waals surface area contributed by atoms with Gasteiger partial charge in [-0.05, 0) is 48.5 Å². The van der Waals surface area contributed by atoms with Crippen molar-refractivity contribution in [3.05, 3.63) is 17.1 Å². The highest BCUT2D eigenvalue weighted by Gasteiger charge is 2.54. The van der Waals surface area contributed by atoms with E-state index >= 15 is 0 Å². The molecule has 1 aromatic rings. The first-order chi connectivity index (χ1) is 21.8. The number of oxime groups is 1. The van der Waals surface area contributed by atoms with Gasteiger partial charge in [-0.25, -0.2) is 14.4 Å². The van der Waals surface area contributed by atoms with Crippen molar-refractivity contribution in [1.82, 2.24) is 19.6 Å². The minimum absolute atomic E-state index is 0.0308.